The maximum Gasteiger partial charge on any atom is 0.422 e. The Morgan fingerprint density at radius 3 is 1.35 bits per heavy atom. The van der Waals surface area contributed by atoms with E-state index < -0.39 is 25.7 Å². The van der Waals surface area contributed by atoms with Gasteiger partial charge in [0.05, 0.1) is 0 Å². The predicted molar refractivity (Wildman–Crippen MR) is 76.0 cm³/mol. The Bertz CT molecular complexity index is 483. The summed E-state index contributed by atoms with van der Waals surface area (Å²) in [5.41, 5.74) is 0. The molecule has 0 fully saturated rings. The predicted octanol–water partition coefficient (Wildman–Crippen LogP) is 9.12. The fourth-order valence-corrected chi connectivity index (χ4v) is 8.81. The third-order valence-electron chi connectivity index (χ3n) is 0.636. The van der Waals surface area contributed by atoms with Gasteiger partial charge in [0.15, 0.2) is 0 Å². The van der Waals surface area contributed by atoms with E-state index >= 15 is 0 Å². The summed E-state index contributed by atoms with van der Waals surface area (Å²) in [5.74, 6) is 0. The molecule has 17 heavy (non-hydrogen) atoms. The fraction of sp³-hybridized carbons (Fsp3) is 0. The van der Waals surface area contributed by atoms with Gasteiger partial charge in [0.1, 0.15) is 0 Å². The molecule has 0 aliphatic heterocycles. The van der Waals surface area contributed by atoms with Crippen LogP contribution in [0.5, 0.6) is 0 Å². The van der Waals surface area contributed by atoms with Crippen LogP contribution in [-0.2, 0) is 11.8 Å². The number of hydrogen-bond donors (Lipinski definition) is 0. The Kier molecular flexibility index (Phi) is 7.48. The zero-order chi connectivity index (χ0) is 14.1. The van der Waals surface area contributed by atoms with Crippen molar-refractivity contribution in [2.45, 2.75) is 0 Å². The van der Waals surface area contributed by atoms with Crippen molar-refractivity contribution in [1.29, 1.82) is 0 Å². The Morgan fingerprint density at radius 1 is 0.706 bits per heavy atom. The first-order chi connectivity index (χ1) is 7.12. The van der Waals surface area contributed by atoms with Gasteiger partial charge in [-0.15, -0.1) is 21.3 Å². The highest BCUT2D eigenvalue weighted by Crippen LogP contribution is 2.79. The lowest BCUT2D eigenvalue weighted by Crippen LogP contribution is -1.59. The number of hydrogen-bond acceptors (Lipinski definition) is 1. The van der Waals surface area contributed by atoms with Gasteiger partial charge >= 0.3 is 15.7 Å². The molecule has 0 spiro atoms. The quantitative estimate of drug-likeness (QED) is 0.311. The highest BCUT2D eigenvalue weighted by molar-refractivity contribution is 8.39. The van der Waals surface area contributed by atoms with E-state index in [4.69, 9.17) is 56.2 Å². The van der Waals surface area contributed by atoms with Gasteiger partial charge in [0, 0.05) is 0 Å². The van der Waals surface area contributed by atoms with Crippen LogP contribution in [0.1, 0.15) is 0 Å². The average molecular weight is 451 g/mol. The molecule has 0 radical (unpaired) electrons. The first kappa shape index (κ1) is 19.5. The van der Waals surface area contributed by atoms with E-state index in [2.05, 4.69) is 20.8 Å². The summed E-state index contributed by atoms with van der Waals surface area (Å²) >= 11 is 29.3. The number of nitrogens with zero attached hydrogens (tertiary/aromatic N) is 3. The Morgan fingerprint density at radius 2 is 1.06 bits per heavy atom. The zero-order valence-electron chi connectivity index (χ0n) is 6.94. The minimum absolute atomic E-state index is 1.90. The van der Waals surface area contributed by atoms with Crippen LogP contribution in [0.15, 0.2) is 13.5 Å². The van der Waals surface area contributed by atoms with Crippen molar-refractivity contribution < 1.29 is 16.8 Å². The molecule has 0 heterocycles. The summed E-state index contributed by atoms with van der Waals surface area (Å²) in [5, 5.41) is -3.87. The molecule has 0 aliphatic rings. The van der Waals surface area contributed by atoms with E-state index in [1.54, 1.807) is 0 Å². The molecule has 17 heteroatoms. The maximum absolute atomic E-state index is 12.9. The van der Waals surface area contributed by atoms with Crippen LogP contribution in [0.3, 0.4) is 0 Å². The Hall–Kier alpha value is 2.51. The molecule has 3 nitrogen and oxygen atoms in total. The second-order valence-corrected chi connectivity index (χ2v) is 19.9. The monoisotopic (exact) mass is 449 g/mol. The SMILES string of the molecule is FP(F)(=NP(=S)(Cl)Cl)N=P(F)(F)N=P(Cl)(Cl)Cl. The zero-order valence-corrected chi connectivity index (χ0v) is 15.1. The molecule has 0 rings (SSSR count). The highest BCUT2D eigenvalue weighted by atomic mass is 36.0. The van der Waals surface area contributed by atoms with E-state index in [0.29, 0.717) is 0 Å². The van der Waals surface area contributed by atoms with Crippen LogP contribution in [0.4, 0.5) is 16.8 Å². The third-order valence-corrected chi connectivity index (χ3v) is 9.42. The van der Waals surface area contributed by atoms with Gasteiger partial charge in [-0.1, -0.05) is 0 Å². The van der Waals surface area contributed by atoms with Crippen LogP contribution in [-0.4, -0.2) is 0 Å². The molecule has 0 aliphatic carbocycles. The Balaban J connectivity index is 5.74. The number of rotatable bonds is 3. The van der Waals surface area contributed by atoms with Crippen LogP contribution in [0, 0.1) is 0 Å². The average Bonchev–Trinajstić information content (AvgIpc) is 1.65. The van der Waals surface area contributed by atoms with E-state index in [1.165, 1.54) is 0 Å². The van der Waals surface area contributed by atoms with Crippen molar-refractivity contribution in [1.82, 2.24) is 0 Å². The summed E-state index contributed by atoms with van der Waals surface area (Å²) in [7, 11) is -11.6. The van der Waals surface area contributed by atoms with Gasteiger partial charge in [-0.05, 0) is 68.0 Å². The standard InChI is InChI=1S/Cl5F4N3P4S/c1-13(2,3)10-15(6,7)12-16(8,9)11-14(4,5)17. The summed E-state index contributed by atoms with van der Waals surface area (Å²) in [4.78, 5) is -3.76. The van der Waals surface area contributed by atoms with Crippen molar-refractivity contribution in [3.63, 3.8) is 0 Å². The molecular weight excluding hydrogens is 451 g/mol. The summed E-state index contributed by atoms with van der Waals surface area (Å²) in [6, 6.07) is 0. The van der Waals surface area contributed by atoms with E-state index in [-0.39, 0.29) is 0 Å². The lowest BCUT2D eigenvalue weighted by Gasteiger charge is -2.05. The van der Waals surface area contributed by atoms with Gasteiger partial charge in [0.2, 0.25) is 10.0 Å². The molecule has 0 aromatic rings. The minimum Gasteiger partial charge on any atom is -0.162 e. The van der Waals surface area contributed by atoms with Gasteiger partial charge in [-0.25, -0.2) is 0 Å². The molecule has 0 atom stereocenters. The van der Waals surface area contributed by atoms with Crippen molar-refractivity contribution in [3.8, 4) is 0 Å². The van der Waals surface area contributed by atoms with E-state index in [0.717, 1.165) is 0 Å². The van der Waals surface area contributed by atoms with Crippen molar-refractivity contribution in [2.24, 2.45) is 13.5 Å². The maximum atomic E-state index is 12.9. The molecule has 0 unspecified atom stereocenters. The second-order valence-electron chi connectivity index (χ2n) is 2.03. The van der Waals surface area contributed by atoms with Crippen molar-refractivity contribution in [3.05, 3.63) is 0 Å². The third kappa shape index (κ3) is 12.0. The molecule has 0 N–H and O–H groups in total. The first-order valence-corrected chi connectivity index (χ1v) is 14.9. The van der Waals surface area contributed by atoms with Crippen molar-refractivity contribution in [2.75, 3.05) is 0 Å². The lowest BCUT2D eigenvalue weighted by atomic mass is 13.9. The number of halogens is 9. The molecule has 0 aromatic carbocycles. The molecule has 104 valence electrons. The highest BCUT2D eigenvalue weighted by Gasteiger charge is 2.30. The van der Waals surface area contributed by atoms with Crippen LogP contribution >= 0.6 is 81.9 Å². The summed E-state index contributed by atoms with van der Waals surface area (Å²) < 4.78 is 58.4. The van der Waals surface area contributed by atoms with Crippen LogP contribution < -0.4 is 0 Å². The largest absolute Gasteiger partial charge is 0.422 e. The second kappa shape index (κ2) is 6.52. The molecule has 0 amide bonds. The molecular formula is Cl5F4N3P4S. The lowest BCUT2D eigenvalue weighted by molar-refractivity contribution is 0.704. The Labute approximate surface area is 123 Å². The summed E-state index contributed by atoms with van der Waals surface area (Å²) in [6.07, 6.45) is 0. The smallest absolute Gasteiger partial charge is 0.162 e. The van der Waals surface area contributed by atoms with Crippen LogP contribution in [0.2, 0.25) is 0 Å². The van der Waals surface area contributed by atoms with Gasteiger partial charge in [-0.2, -0.15) is 9.03 Å². The fourth-order valence-electron chi connectivity index (χ4n) is 0.413. The topological polar surface area (TPSA) is 37.1 Å². The van der Waals surface area contributed by atoms with E-state index in [9.17, 15) is 16.8 Å². The summed E-state index contributed by atoms with van der Waals surface area (Å²) in [6.45, 7) is 0. The van der Waals surface area contributed by atoms with Gasteiger partial charge in [-0.3, -0.25) is 0 Å². The van der Waals surface area contributed by atoms with Gasteiger partial charge < -0.3 is 0 Å². The van der Waals surface area contributed by atoms with Crippen LogP contribution in [0.25, 0.3) is 0 Å². The molecule has 0 saturated carbocycles. The minimum atomic E-state index is -5.81. The molecule has 0 bridgehead atoms. The first-order valence-electron chi connectivity index (χ1n) is 2.90. The molecule has 0 saturated heterocycles. The normalized spacial score (nSPS) is 14.4. The van der Waals surface area contributed by atoms with Crippen molar-refractivity contribution >= 4 is 93.7 Å². The molecule has 0 aromatic heterocycles. The van der Waals surface area contributed by atoms with E-state index in [1.807, 2.05) is 4.52 Å². The van der Waals surface area contributed by atoms with Gasteiger partial charge in [0.25, 0.3) is 0 Å².